The van der Waals surface area contributed by atoms with E-state index in [-0.39, 0.29) is 12.2 Å². The van der Waals surface area contributed by atoms with Crippen LogP contribution in [0.5, 0.6) is 0 Å². The van der Waals surface area contributed by atoms with Gasteiger partial charge in [0.2, 0.25) is 0 Å². The Morgan fingerprint density at radius 2 is 2.27 bits per heavy atom. The van der Waals surface area contributed by atoms with E-state index in [0.717, 1.165) is 0 Å². The lowest BCUT2D eigenvalue weighted by Gasteiger charge is -2.10. The van der Waals surface area contributed by atoms with Crippen molar-refractivity contribution in [2.24, 2.45) is 0 Å². The van der Waals surface area contributed by atoms with E-state index in [1.165, 1.54) is 18.2 Å². The van der Waals surface area contributed by atoms with Crippen LogP contribution in [0.15, 0.2) is 18.2 Å². The molecule has 0 aromatic heterocycles. The zero-order chi connectivity index (χ0) is 11.3. The van der Waals surface area contributed by atoms with Gasteiger partial charge < -0.3 is 9.84 Å². The maximum atomic E-state index is 13.3. The van der Waals surface area contributed by atoms with Crippen molar-refractivity contribution < 1.29 is 14.2 Å². The van der Waals surface area contributed by atoms with E-state index in [2.05, 4.69) is 0 Å². The summed E-state index contributed by atoms with van der Waals surface area (Å²) in [6.45, 7) is 0.462. The summed E-state index contributed by atoms with van der Waals surface area (Å²) in [5.41, 5.74) is 0.436. The quantitative estimate of drug-likeness (QED) is 0.845. The van der Waals surface area contributed by atoms with Crippen LogP contribution in [-0.2, 0) is 11.2 Å². The van der Waals surface area contributed by atoms with Crippen LogP contribution in [0.4, 0.5) is 4.39 Å². The van der Waals surface area contributed by atoms with Crippen molar-refractivity contribution in [3.63, 3.8) is 0 Å². The highest BCUT2D eigenvalue weighted by molar-refractivity contribution is 6.30. The van der Waals surface area contributed by atoms with Crippen LogP contribution in [0, 0.1) is 5.82 Å². The van der Waals surface area contributed by atoms with Crippen molar-refractivity contribution in [3.05, 3.63) is 34.6 Å². The molecule has 1 unspecified atom stereocenters. The fourth-order valence-electron chi connectivity index (χ4n) is 1.31. The number of hydrogen-bond acceptors (Lipinski definition) is 2. The van der Waals surface area contributed by atoms with Gasteiger partial charge in [-0.3, -0.25) is 0 Å². The van der Waals surface area contributed by atoms with Gasteiger partial charge in [0.15, 0.2) is 0 Å². The maximum Gasteiger partial charge on any atom is 0.126 e. The van der Waals surface area contributed by atoms with Gasteiger partial charge in [0.05, 0.1) is 6.10 Å². The average Bonchev–Trinajstić information content (AvgIpc) is 2.20. The second kappa shape index (κ2) is 6.05. The molecule has 0 saturated heterocycles. The number of rotatable bonds is 5. The van der Waals surface area contributed by atoms with Gasteiger partial charge in [-0.15, -0.1) is 0 Å². The van der Waals surface area contributed by atoms with Crippen LogP contribution in [0.2, 0.25) is 5.02 Å². The number of halogens is 2. The fraction of sp³-hybridized carbons (Fsp3) is 0.455. The van der Waals surface area contributed by atoms with Crippen LogP contribution in [0.25, 0.3) is 0 Å². The highest BCUT2D eigenvalue weighted by Crippen LogP contribution is 2.17. The molecule has 1 atom stereocenters. The van der Waals surface area contributed by atoms with Gasteiger partial charge in [-0.2, -0.15) is 0 Å². The summed E-state index contributed by atoms with van der Waals surface area (Å²) < 4.78 is 18.1. The first-order valence-corrected chi connectivity index (χ1v) is 5.12. The summed E-state index contributed by atoms with van der Waals surface area (Å²) in [7, 11) is 1.56. The molecule has 1 rings (SSSR count). The van der Waals surface area contributed by atoms with E-state index in [4.69, 9.17) is 16.3 Å². The van der Waals surface area contributed by atoms with Crippen molar-refractivity contribution in [1.29, 1.82) is 0 Å². The molecule has 0 aliphatic carbocycles. The number of aliphatic hydroxyl groups excluding tert-OH is 1. The summed E-state index contributed by atoms with van der Waals surface area (Å²) in [6.07, 6.45) is 0.149. The Morgan fingerprint density at radius 3 is 2.93 bits per heavy atom. The van der Waals surface area contributed by atoms with E-state index < -0.39 is 6.10 Å². The Labute approximate surface area is 93.6 Å². The van der Waals surface area contributed by atoms with Gasteiger partial charge in [0.1, 0.15) is 5.82 Å². The van der Waals surface area contributed by atoms with Crippen molar-refractivity contribution in [3.8, 4) is 0 Å². The molecule has 2 nitrogen and oxygen atoms in total. The third-order valence-corrected chi connectivity index (χ3v) is 2.35. The number of methoxy groups -OCH3 is 1. The van der Waals surface area contributed by atoms with Gasteiger partial charge in [0, 0.05) is 25.2 Å². The number of benzene rings is 1. The van der Waals surface area contributed by atoms with E-state index >= 15 is 0 Å². The van der Waals surface area contributed by atoms with Crippen molar-refractivity contribution >= 4 is 11.6 Å². The molecule has 0 saturated carbocycles. The van der Waals surface area contributed by atoms with Gasteiger partial charge >= 0.3 is 0 Å². The lowest BCUT2D eigenvalue weighted by Crippen LogP contribution is -2.14. The molecule has 15 heavy (non-hydrogen) atoms. The normalized spacial score (nSPS) is 12.8. The third kappa shape index (κ3) is 4.16. The Bertz CT molecular complexity index is 317. The first kappa shape index (κ1) is 12.4. The molecule has 0 radical (unpaired) electrons. The van der Waals surface area contributed by atoms with Crippen LogP contribution in [0.1, 0.15) is 12.0 Å². The highest BCUT2D eigenvalue weighted by atomic mass is 35.5. The monoisotopic (exact) mass is 232 g/mol. The lowest BCUT2D eigenvalue weighted by atomic mass is 10.1. The van der Waals surface area contributed by atoms with Crippen LogP contribution >= 0.6 is 11.6 Å². The van der Waals surface area contributed by atoms with E-state index in [1.807, 2.05) is 0 Å². The Morgan fingerprint density at radius 1 is 1.53 bits per heavy atom. The van der Waals surface area contributed by atoms with Crippen molar-refractivity contribution in [1.82, 2.24) is 0 Å². The minimum absolute atomic E-state index is 0.260. The average molecular weight is 233 g/mol. The summed E-state index contributed by atoms with van der Waals surface area (Å²) in [6, 6.07) is 4.33. The molecule has 84 valence electrons. The largest absolute Gasteiger partial charge is 0.393 e. The van der Waals surface area contributed by atoms with Crippen molar-refractivity contribution in [2.75, 3.05) is 13.7 Å². The molecule has 1 aromatic rings. The van der Waals surface area contributed by atoms with E-state index in [1.54, 1.807) is 7.11 Å². The fourth-order valence-corrected chi connectivity index (χ4v) is 1.50. The van der Waals surface area contributed by atoms with Gasteiger partial charge in [0.25, 0.3) is 0 Å². The third-order valence-electron chi connectivity index (χ3n) is 2.12. The Balaban J connectivity index is 2.59. The molecule has 1 aromatic carbocycles. The van der Waals surface area contributed by atoms with Crippen molar-refractivity contribution in [2.45, 2.75) is 18.9 Å². The minimum atomic E-state index is -0.599. The maximum absolute atomic E-state index is 13.3. The summed E-state index contributed by atoms with van der Waals surface area (Å²) in [5, 5.41) is 10.0. The summed E-state index contributed by atoms with van der Waals surface area (Å²) >= 11 is 5.73. The zero-order valence-corrected chi connectivity index (χ0v) is 9.30. The highest BCUT2D eigenvalue weighted by Gasteiger charge is 2.09. The minimum Gasteiger partial charge on any atom is -0.393 e. The summed E-state index contributed by atoms with van der Waals surface area (Å²) in [5.74, 6) is -0.337. The smallest absolute Gasteiger partial charge is 0.126 e. The predicted octanol–water partition coefficient (Wildman–Crippen LogP) is 2.42. The van der Waals surface area contributed by atoms with Crippen LogP contribution in [0.3, 0.4) is 0 Å². The molecule has 4 heteroatoms. The second-order valence-corrected chi connectivity index (χ2v) is 3.81. The molecule has 0 spiro atoms. The van der Waals surface area contributed by atoms with E-state index in [0.29, 0.717) is 23.6 Å². The predicted molar refractivity (Wildman–Crippen MR) is 57.6 cm³/mol. The van der Waals surface area contributed by atoms with E-state index in [9.17, 15) is 9.50 Å². The molecular weight excluding hydrogens is 219 g/mol. The van der Waals surface area contributed by atoms with Crippen LogP contribution < -0.4 is 0 Å². The molecule has 0 bridgehead atoms. The molecule has 0 aliphatic heterocycles. The molecule has 0 amide bonds. The topological polar surface area (TPSA) is 29.5 Å². The lowest BCUT2D eigenvalue weighted by molar-refractivity contribution is 0.109. The molecule has 0 heterocycles. The van der Waals surface area contributed by atoms with Crippen LogP contribution in [-0.4, -0.2) is 24.9 Å². The first-order chi connectivity index (χ1) is 7.13. The SMILES string of the molecule is COCCC(O)Cc1cc(Cl)ccc1F. The Hall–Kier alpha value is -0.640. The molecular formula is C11H14ClFO2. The molecule has 0 fully saturated rings. The van der Waals surface area contributed by atoms with Gasteiger partial charge in [-0.05, 0) is 30.2 Å². The number of aliphatic hydroxyl groups is 1. The number of ether oxygens (including phenoxy) is 1. The standard InChI is InChI=1S/C11H14ClFO2/c1-15-5-4-10(14)7-8-6-9(12)2-3-11(8)13/h2-3,6,10,14H,4-5,7H2,1H3. The second-order valence-electron chi connectivity index (χ2n) is 3.38. The zero-order valence-electron chi connectivity index (χ0n) is 8.54. The summed E-state index contributed by atoms with van der Waals surface area (Å²) in [4.78, 5) is 0. The molecule has 0 aliphatic rings. The Kier molecular flexibility index (Phi) is 5.02. The molecule has 1 N–H and O–H groups in total. The van der Waals surface area contributed by atoms with Gasteiger partial charge in [-0.25, -0.2) is 4.39 Å². The number of hydrogen-bond donors (Lipinski definition) is 1. The van der Waals surface area contributed by atoms with Gasteiger partial charge in [-0.1, -0.05) is 11.6 Å². The first-order valence-electron chi connectivity index (χ1n) is 4.74.